The summed E-state index contributed by atoms with van der Waals surface area (Å²) in [6, 6.07) is 25.4. The summed E-state index contributed by atoms with van der Waals surface area (Å²) in [7, 11) is 0. The fourth-order valence-electron chi connectivity index (χ4n) is 4.78. The standard InChI is InChI=1S/C28H30O4/c1-19(2)26(27-22(17-29)16-21-10-6-7-14-25(21)27)28(30)31-18-20-9-8-13-24(15-20)32-23-11-4-3-5-12-23/h3-15,19,22,26-27,29H,16-18H2,1-2H3. The van der Waals surface area contributed by atoms with Gasteiger partial charge in [0.15, 0.2) is 0 Å². The van der Waals surface area contributed by atoms with Crippen LogP contribution in [-0.4, -0.2) is 17.7 Å². The summed E-state index contributed by atoms with van der Waals surface area (Å²) >= 11 is 0. The molecule has 4 rings (SSSR count). The number of hydrogen-bond acceptors (Lipinski definition) is 4. The monoisotopic (exact) mass is 430 g/mol. The van der Waals surface area contributed by atoms with Gasteiger partial charge < -0.3 is 14.6 Å². The van der Waals surface area contributed by atoms with Crippen LogP contribution in [-0.2, 0) is 22.6 Å². The Kier molecular flexibility index (Phi) is 6.91. The van der Waals surface area contributed by atoms with Crippen LogP contribution in [0.15, 0.2) is 78.9 Å². The molecule has 4 heteroatoms. The average Bonchev–Trinajstić information content (AvgIpc) is 3.17. The Morgan fingerprint density at radius 2 is 1.69 bits per heavy atom. The number of para-hydroxylation sites is 1. The van der Waals surface area contributed by atoms with E-state index in [4.69, 9.17) is 9.47 Å². The second kappa shape index (κ2) is 10.0. The number of esters is 1. The van der Waals surface area contributed by atoms with Crippen LogP contribution < -0.4 is 4.74 Å². The third kappa shape index (κ3) is 4.86. The van der Waals surface area contributed by atoms with Gasteiger partial charge in [0, 0.05) is 12.5 Å². The van der Waals surface area contributed by atoms with Crippen LogP contribution in [0.5, 0.6) is 11.5 Å². The molecule has 3 unspecified atom stereocenters. The van der Waals surface area contributed by atoms with Crippen molar-refractivity contribution in [3.05, 3.63) is 95.6 Å². The topological polar surface area (TPSA) is 55.8 Å². The van der Waals surface area contributed by atoms with E-state index < -0.39 is 0 Å². The van der Waals surface area contributed by atoms with Crippen LogP contribution in [0, 0.1) is 17.8 Å². The molecule has 3 aromatic carbocycles. The molecule has 0 spiro atoms. The van der Waals surface area contributed by atoms with E-state index in [1.807, 2.05) is 66.7 Å². The van der Waals surface area contributed by atoms with Gasteiger partial charge in [-0.05, 0) is 59.2 Å². The molecule has 0 radical (unpaired) electrons. The second-order valence-corrected chi connectivity index (χ2v) is 8.81. The molecular weight excluding hydrogens is 400 g/mol. The van der Waals surface area contributed by atoms with Gasteiger partial charge in [-0.25, -0.2) is 0 Å². The lowest BCUT2D eigenvalue weighted by molar-refractivity contribution is -0.153. The Morgan fingerprint density at radius 1 is 0.969 bits per heavy atom. The molecule has 32 heavy (non-hydrogen) atoms. The van der Waals surface area contributed by atoms with Gasteiger partial charge in [-0.1, -0.05) is 68.4 Å². The van der Waals surface area contributed by atoms with E-state index in [9.17, 15) is 9.90 Å². The lowest BCUT2D eigenvalue weighted by atomic mass is 9.76. The first-order chi connectivity index (χ1) is 15.6. The van der Waals surface area contributed by atoms with E-state index in [1.165, 1.54) is 11.1 Å². The van der Waals surface area contributed by atoms with Crippen LogP contribution in [0.2, 0.25) is 0 Å². The van der Waals surface area contributed by atoms with Crippen molar-refractivity contribution in [2.75, 3.05) is 6.61 Å². The highest BCUT2D eigenvalue weighted by Gasteiger charge is 2.42. The zero-order valence-corrected chi connectivity index (χ0v) is 18.6. The fraction of sp³-hybridized carbons (Fsp3) is 0.321. The van der Waals surface area contributed by atoms with Crippen LogP contribution in [0.25, 0.3) is 0 Å². The Labute approximate surface area is 189 Å². The van der Waals surface area contributed by atoms with Gasteiger partial charge in [0.2, 0.25) is 0 Å². The molecule has 0 heterocycles. The Balaban J connectivity index is 1.47. The number of aliphatic hydroxyl groups excluding tert-OH is 1. The van der Waals surface area contributed by atoms with Crippen molar-refractivity contribution in [1.29, 1.82) is 0 Å². The second-order valence-electron chi connectivity index (χ2n) is 8.81. The van der Waals surface area contributed by atoms with Gasteiger partial charge in [0.25, 0.3) is 0 Å². The van der Waals surface area contributed by atoms with Crippen LogP contribution in [0.3, 0.4) is 0 Å². The maximum atomic E-state index is 13.3. The predicted molar refractivity (Wildman–Crippen MR) is 125 cm³/mol. The lowest BCUT2D eigenvalue weighted by Gasteiger charge is -2.30. The Morgan fingerprint density at radius 3 is 2.44 bits per heavy atom. The smallest absolute Gasteiger partial charge is 0.310 e. The zero-order chi connectivity index (χ0) is 22.5. The quantitative estimate of drug-likeness (QED) is 0.463. The number of carbonyl (C=O) groups is 1. The summed E-state index contributed by atoms with van der Waals surface area (Å²) in [5.41, 5.74) is 3.26. The van der Waals surface area contributed by atoms with Crippen molar-refractivity contribution in [2.24, 2.45) is 17.8 Å². The summed E-state index contributed by atoms with van der Waals surface area (Å²) in [6.45, 7) is 4.35. The molecule has 1 aliphatic carbocycles. The Bertz CT molecular complexity index is 1040. The number of benzene rings is 3. The molecule has 0 fully saturated rings. The van der Waals surface area contributed by atoms with Crippen molar-refractivity contribution < 1.29 is 19.4 Å². The number of rotatable bonds is 8. The molecule has 0 saturated carbocycles. The molecule has 4 nitrogen and oxygen atoms in total. The van der Waals surface area contributed by atoms with E-state index in [2.05, 4.69) is 26.0 Å². The molecule has 3 aromatic rings. The number of ether oxygens (including phenoxy) is 2. The van der Waals surface area contributed by atoms with Gasteiger partial charge in [0.1, 0.15) is 18.1 Å². The highest BCUT2D eigenvalue weighted by Crippen LogP contribution is 2.45. The van der Waals surface area contributed by atoms with Crippen molar-refractivity contribution in [2.45, 2.75) is 32.8 Å². The molecule has 0 amide bonds. The molecule has 1 aliphatic rings. The Hall–Kier alpha value is -3.11. The number of fused-ring (bicyclic) bond motifs is 1. The first-order valence-electron chi connectivity index (χ1n) is 11.2. The first kappa shape index (κ1) is 22.1. The van der Waals surface area contributed by atoms with E-state index in [0.717, 1.165) is 17.7 Å². The molecule has 3 atom stereocenters. The first-order valence-corrected chi connectivity index (χ1v) is 11.2. The van der Waals surface area contributed by atoms with Gasteiger partial charge in [0.05, 0.1) is 5.92 Å². The van der Waals surface area contributed by atoms with E-state index >= 15 is 0 Å². The summed E-state index contributed by atoms with van der Waals surface area (Å²) in [4.78, 5) is 13.3. The maximum Gasteiger partial charge on any atom is 0.310 e. The van der Waals surface area contributed by atoms with Gasteiger partial charge >= 0.3 is 5.97 Å². The van der Waals surface area contributed by atoms with E-state index in [-0.39, 0.29) is 42.9 Å². The predicted octanol–water partition coefficient (Wildman–Crippen LogP) is 5.74. The van der Waals surface area contributed by atoms with E-state index in [0.29, 0.717) is 5.75 Å². The minimum atomic E-state index is -0.306. The largest absolute Gasteiger partial charge is 0.461 e. The highest BCUT2D eigenvalue weighted by atomic mass is 16.5. The highest BCUT2D eigenvalue weighted by molar-refractivity contribution is 5.74. The molecule has 0 aliphatic heterocycles. The number of carbonyl (C=O) groups excluding carboxylic acids is 1. The number of hydrogen-bond donors (Lipinski definition) is 1. The van der Waals surface area contributed by atoms with Gasteiger partial charge in [-0.15, -0.1) is 0 Å². The molecule has 1 N–H and O–H groups in total. The average molecular weight is 431 g/mol. The maximum absolute atomic E-state index is 13.3. The third-order valence-corrected chi connectivity index (χ3v) is 6.27. The van der Waals surface area contributed by atoms with Crippen LogP contribution >= 0.6 is 0 Å². The normalized spacial score (nSPS) is 18.2. The van der Waals surface area contributed by atoms with Crippen LogP contribution in [0.1, 0.15) is 36.5 Å². The number of aliphatic hydroxyl groups is 1. The summed E-state index contributed by atoms with van der Waals surface area (Å²) < 4.78 is 11.7. The minimum absolute atomic E-state index is 0.0311. The minimum Gasteiger partial charge on any atom is -0.461 e. The van der Waals surface area contributed by atoms with Crippen molar-refractivity contribution in [3.63, 3.8) is 0 Å². The SMILES string of the molecule is CC(C)C(C(=O)OCc1cccc(Oc2ccccc2)c1)C1c2ccccc2CC1CO. The molecule has 0 aromatic heterocycles. The lowest BCUT2D eigenvalue weighted by Crippen LogP contribution is -2.32. The summed E-state index contributed by atoms with van der Waals surface area (Å²) in [5, 5.41) is 10.0. The summed E-state index contributed by atoms with van der Waals surface area (Å²) in [6.07, 6.45) is 0.798. The van der Waals surface area contributed by atoms with E-state index in [1.54, 1.807) is 0 Å². The fourth-order valence-corrected chi connectivity index (χ4v) is 4.78. The zero-order valence-electron chi connectivity index (χ0n) is 18.6. The van der Waals surface area contributed by atoms with Gasteiger partial charge in [-0.3, -0.25) is 4.79 Å². The van der Waals surface area contributed by atoms with Crippen molar-refractivity contribution in [3.8, 4) is 11.5 Å². The molecule has 0 saturated heterocycles. The van der Waals surface area contributed by atoms with Crippen LogP contribution in [0.4, 0.5) is 0 Å². The van der Waals surface area contributed by atoms with Gasteiger partial charge in [-0.2, -0.15) is 0 Å². The van der Waals surface area contributed by atoms with Crippen molar-refractivity contribution in [1.82, 2.24) is 0 Å². The van der Waals surface area contributed by atoms with Crippen molar-refractivity contribution >= 4 is 5.97 Å². The third-order valence-electron chi connectivity index (χ3n) is 6.27. The molecule has 166 valence electrons. The molecule has 0 bridgehead atoms. The summed E-state index contributed by atoms with van der Waals surface area (Å²) in [5.74, 6) is 1.05. The molecular formula is C28H30O4.